The Balaban J connectivity index is 2.44. The van der Waals surface area contributed by atoms with Gasteiger partial charge in [-0.3, -0.25) is 4.79 Å². The van der Waals surface area contributed by atoms with Crippen molar-refractivity contribution in [2.75, 3.05) is 6.61 Å². The van der Waals surface area contributed by atoms with Gasteiger partial charge in [0.25, 0.3) is 0 Å². The molecule has 7 nitrogen and oxygen atoms in total. The van der Waals surface area contributed by atoms with E-state index in [-0.39, 0.29) is 18.1 Å². The molecule has 10 heteroatoms. The number of sulfonamides is 1. The summed E-state index contributed by atoms with van der Waals surface area (Å²) in [6, 6.07) is 1.02. The molecule has 1 aromatic carbocycles. The second kappa shape index (κ2) is 5.80. The first-order valence-electron chi connectivity index (χ1n) is 5.63. The molecule has 0 aromatic heterocycles. The van der Waals surface area contributed by atoms with E-state index in [4.69, 9.17) is 28.3 Å². The number of rotatable bonds is 4. The van der Waals surface area contributed by atoms with Gasteiger partial charge in [-0.2, -0.15) is 4.72 Å². The number of halogens is 2. The number of ether oxygens (including phenoxy) is 1. The van der Waals surface area contributed by atoms with E-state index in [1.54, 1.807) is 0 Å². The maximum Gasteiger partial charge on any atom is 0.337 e. The van der Waals surface area contributed by atoms with Crippen molar-refractivity contribution < 1.29 is 27.9 Å². The van der Waals surface area contributed by atoms with Gasteiger partial charge in [0.15, 0.2) is 0 Å². The molecule has 114 valence electrons. The van der Waals surface area contributed by atoms with E-state index in [1.165, 1.54) is 0 Å². The van der Waals surface area contributed by atoms with Gasteiger partial charge in [0, 0.05) is 11.4 Å². The van der Waals surface area contributed by atoms with Crippen LogP contribution in [-0.4, -0.2) is 38.1 Å². The molecule has 1 aliphatic rings. The van der Waals surface area contributed by atoms with Crippen molar-refractivity contribution in [2.24, 2.45) is 0 Å². The Morgan fingerprint density at radius 3 is 2.57 bits per heavy atom. The number of benzene rings is 1. The summed E-state index contributed by atoms with van der Waals surface area (Å²) >= 11 is 11.5. The Hall–Kier alpha value is -1.35. The lowest BCUT2D eigenvalue weighted by Crippen LogP contribution is -2.38. The van der Waals surface area contributed by atoms with Crippen LogP contribution in [0.1, 0.15) is 16.8 Å². The molecule has 2 rings (SSSR count). The van der Waals surface area contributed by atoms with E-state index < -0.39 is 43.5 Å². The number of hydrogen-bond acceptors (Lipinski definition) is 5. The topological polar surface area (TPSA) is 110 Å². The van der Waals surface area contributed by atoms with Gasteiger partial charge in [0.05, 0.1) is 17.2 Å². The lowest BCUT2D eigenvalue weighted by Gasteiger charge is -2.12. The summed E-state index contributed by atoms with van der Waals surface area (Å²) in [6.07, 6.45) is 0.183. The van der Waals surface area contributed by atoms with Crippen LogP contribution in [0.25, 0.3) is 0 Å². The molecule has 0 amide bonds. The molecule has 1 aromatic rings. The summed E-state index contributed by atoms with van der Waals surface area (Å²) in [5.41, 5.74) is -0.446. The molecule has 0 aliphatic carbocycles. The third-order valence-electron chi connectivity index (χ3n) is 2.76. The molecule has 0 bridgehead atoms. The van der Waals surface area contributed by atoms with E-state index in [0.717, 1.165) is 12.1 Å². The van der Waals surface area contributed by atoms with Crippen molar-refractivity contribution in [1.29, 1.82) is 0 Å². The van der Waals surface area contributed by atoms with E-state index in [2.05, 4.69) is 9.46 Å². The number of cyclic esters (lactones) is 1. The molecule has 21 heavy (non-hydrogen) atoms. The Morgan fingerprint density at radius 2 is 2.05 bits per heavy atom. The summed E-state index contributed by atoms with van der Waals surface area (Å²) in [7, 11) is -4.22. The molecule has 0 saturated carbocycles. The van der Waals surface area contributed by atoms with Gasteiger partial charge in [0.1, 0.15) is 10.9 Å². The Bertz CT molecular complexity index is 718. The number of carboxylic acids is 1. The van der Waals surface area contributed by atoms with Crippen molar-refractivity contribution in [3.63, 3.8) is 0 Å². The fourth-order valence-electron chi connectivity index (χ4n) is 1.77. The van der Waals surface area contributed by atoms with E-state index >= 15 is 0 Å². The van der Waals surface area contributed by atoms with Crippen LogP contribution in [0.2, 0.25) is 10.0 Å². The predicted molar refractivity (Wildman–Crippen MR) is 73.1 cm³/mol. The Labute approximate surface area is 129 Å². The van der Waals surface area contributed by atoms with Gasteiger partial charge >= 0.3 is 11.9 Å². The van der Waals surface area contributed by atoms with Crippen LogP contribution in [0.3, 0.4) is 0 Å². The first kappa shape index (κ1) is 16.0. The molecule has 1 fully saturated rings. The largest absolute Gasteiger partial charge is 0.478 e. The van der Waals surface area contributed by atoms with Crippen molar-refractivity contribution in [2.45, 2.75) is 17.4 Å². The monoisotopic (exact) mass is 353 g/mol. The highest BCUT2D eigenvalue weighted by Crippen LogP contribution is 2.30. The van der Waals surface area contributed by atoms with E-state index in [1.807, 2.05) is 0 Å². The molecule has 1 saturated heterocycles. The number of aromatic carboxylic acids is 1. The molecular weight excluding hydrogens is 345 g/mol. The number of carbonyl (C=O) groups is 2. The van der Waals surface area contributed by atoms with Gasteiger partial charge in [-0.1, -0.05) is 23.2 Å². The van der Waals surface area contributed by atoms with Crippen LogP contribution in [0.5, 0.6) is 0 Å². The minimum absolute atomic E-state index is 0.105. The van der Waals surface area contributed by atoms with Crippen molar-refractivity contribution in [3.05, 3.63) is 27.7 Å². The van der Waals surface area contributed by atoms with Gasteiger partial charge < -0.3 is 9.84 Å². The van der Waals surface area contributed by atoms with Gasteiger partial charge in [0.2, 0.25) is 10.0 Å². The lowest BCUT2D eigenvalue weighted by atomic mass is 10.2. The number of esters is 1. The molecule has 0 radical (unpaired) electrons. The fraction of sp³-hybridized carbons (Fsp3) is 0.273. The lowest BCUT2D eigenvalue weighted by molar-refractivity contribution is -0.139. The number of carboxylic acid groups (broad SMARTS) is 1. The molecule has 1 unspecified atom stereocenters. The molecule has 0 spiro atoms. The van der Waals surface area contributed by atoms with Crippen molar-refractivity contribution in [3.8, 4) is 0 Å². The first-order chi connectivity index (χ1) is 9.72. The van der Waals surface area contributed by atoms with E-state index in [9.17, 15) is 18.0 Å². The SMILES string of the molecule is O=C(O)c1cc(Cl)cc(S(=O)(=O)NC2CCOC2=O)c1Cl. The zero-order valence-electron chi connectivity index (χ0n) is 10.3. The molecule has 2 N–H and O–H groups in total. The molecule has 1 atom stereocenters. The summed E-state index contributed by atoms with van der Waals surface area (Å²) in [4.78, 5) is 21.8. The minimum Gasteiger partial charge on any atom is -0.478 e. The smallest absolute Gasteiger partial charge is 0.337 e. The molecular formula is C11H9Cl2NO6S. The summed E-state index contributed by atoms with van der Waals surface area (Å²) in [5.74, 6) is -2.12. The summed E-state index contributed by atoms with van der Waals surface area (Å²) < 4.78 is 31.2. The van der Waals surface area contributed by atoms with Crippen molar-refractivity contribution >= 4 is 45.2 Å². The quantitative estimate of drug-likeness (QED) is 0.789. The highest BCUT2D eigenvalue weighted by Gasteiger charge is 2.33. The second-order valence-corrected chi connectivity index (χ2v) is 6.70. The van der Waals surface area contributed by atoms with Crippen LogP contribution >= 0.6 is 23.2 Å². The molecule has 1 heterocycles. The van der Waals surface area contributed by atoms with Crippen LogP contribution in [0, 0.1) is 0 Å². The average molecular weight is 354 g/mol. The van der Waals surface area contributed by atoms with Crippen LogP contribution in [0.4, 0.5) is 0 Å². The van der Waals surface area contributed by atoms with Crippen LogP contribution < -0.4 is 4.72 Å². The number of carbonyl (C=O) groups excluding carboxylic acids is 1. The van der Waals surface area contributed by atoms with Gasteiger partial charge in [-0.15, -0.1) is 0 Å². The third kappa shape index (κ3) is 3.29. The standard InChI is InChI=1S/C11H9Cl2NO6S/c12-5-3-6(10(15)16)9(13)8(4-5)21(18,19)14-7-1-2-20-11(7)17/h3-4,7,14H,1-2H2,(H,15,16). The van der Waals surface area contributed by atoms with Crippen LogP contribution in [0.15, 0.2) is 17.0 Å². The predicted octanol–water partition coefficient (Wildman–Crippen LogP) is 1.29. The normalized spacial score (nSPS) is 18.6. The summed E-state index contributed by atoms with van der Waals surface area (Å²) in [5, 5.41) is 8.39. The van der Waals surface area contributed by atoms with Crippen molar-refractivity contribution in [1.82, 2.24) is 4.72 Å². The van der Waals surface area contributed by atoms with Gasteiger partial charge in [-0.25, -0.2) is 13.2 Å². The van der Waals surface area contributed by atoms with Gasteiger partial charge in [-0.05, 0) is 12.1 Å². The Morgan fingerprint density at radius 1 is 1.38 bits per heavy atom. The zero-order valence-corrected chi connectivity index (χ0v) is 12.6. The second-order valence-electron chi connectivity index (χ2n) is 4.20. The Kier molecular flexibility index (Phi) is 4.43. The van der Waals surface area contributed by atoms with E-state index in [0.29, 0.717) is 0 Å². The maximum absolute atomic E-state index is 12.2. The summed E-state index contributed by atoms with van der Waals surface area (Å²) in [6.45, 7) is 0.107. The number of nitrogens with one attached hydrogen (secondary N) is 1. The third-order valence-corrected chi connectivity index (χ3v) is 4.99. The van der Waals surface area contributed by atoms with Crippen LogP contribution in [-0.2, 0) is 19.6 Å². The highest BCUT2D eigenvalue weighted by atomic mass is 35.5. The maximum atomic E-state index is 12.2. The fourth-order valence-corrected chi connectivity index (χ4v) is 3.89. The first-order valence-corrected chi connectivity index (χ1v) is 7.87. The molecule has 1 aliphatic heterocycles. The highest BCUT2D eigenvalue weighted by molar-refractivity contribution is 7.89. The zero-order chi connectivity index (χ0) is 15.8. The average Bonchev–Trinajstić information content (AvgIpc) is 2.76. The minimum atomic E-state index is -4.22. The number of hydrogen-bond donors (Lipinski definition) is 2.